The van der Waals surface area contributed by atoms with E-state index in [0.29, 0.717) is 5.13 Å². The van der Waals surface area contributed by atoms with Gasteiger partial charge in [0.1, 0.15) is 5.51 Å². The van der Waals surface area contributed by atoms with Gasteiger partial charge in [0.05, 0.1) is 6.04 Å². The molecular formula is C13H14N4OS. The third-order valence-corrected chi connectivity index (χ3v) is 4.07. The van der Waals surface area contributed by atoms with Gasteiger partial charge >= 0.3 is 6.03 Å². The highest BCUT2D eigenvalue weighted by atomic mass is 32.1. The van der Waals surface area contributed by atoms with Crippen LogP contribution in [0.1, 0.15) is 23.6 Å². The fourth-order valence-corrected chi connectivity index (χ4v) is 2.92. The van der Waals surface area contributed by atoms with Gasteiger partial charge in [-0.3, -0.25) is 5.32 Å². The quantitative estimate of drug-likeness (QED) is 0.916. The zero-order valence-corrected chi connectivity index (χ0v) is 11.4. The number of urea groups is 1. The highest BCUT2D eigenvalue weighted by Gasteiger charge is 2.28. The number of aromatic nitrogens is 2. The molecule has 6 heteroatoms. The van der Waals surface area contributed by atoms with Crippen LogP contribution in [0.15, 0.2) is 29.8 Å². The number of carbonyl (C=O) groups excluding carboxylic acids is 1. The van der Waals surface area contributed by atoms with E-state index in [1.165, 1.54) is 22.5 Å². The number of hydrogen-bond donors (Lipinski definition) is 1. The van der Waals surface area contributed by atoms with Crippen LogP contribution in [-0.2, 0) is 6.42 Å². The Balaban J connectivity index is 1.74. The molecule has 0 aliphatic heterocycles. The summed E-state index contributed by atoms with van der Waals surface area (Å²) in [6.45, 7) is 0. The summed E-state index contributed by atoms with van der Waals surface area (Å²) in [6, 6.07) is 8.30. The lowest BCUT2D eigenvalue weighted by molar-refractivity contribution is 0.204. The summed E-state index contributed by atoms with van der Waals surface area (Å²) in [5.74, 6) is 0. The minimum atomic E-state index is -0.140. The number of carbonyl (C=O) groups is 1. The maximum atomic E-state index is 12.2. The summed E-state index contributed by atoms with van der Waals surface area (Å²) in [6.07, 6.45) is 2.00. The second-order valence-corrected chi connectivity index (χ2v) is 5.37. The molecule has 2 aromatic rings. The van der Waals surface area contributed by atoms with Crippen molar-refractivity contribution < 1.29 is 4.79 Å². The SMILES string of the molecule is CN(C(=O)Nc1nncs1)C1CCc2ccccc21. The molecule has 1 atom stereocenters. The first-order valence-electron chi connectivity index (χ1n) is 6.13. The number of nitrogens with zero attached hydrogens (tertiary/aromatic N) is 3. The van der Waals surface area contributed by atoms with E-state index in [9.17, 15) is 4.79 Å². The lowest BCUT2D eigenvalue weighted by atomic mass is 10.1. The summed E-state index contributed by atoms with van der Waals surface area (Å²) in [5.41, 5.74) is 4.18. The number of amides is 2. The van der Waals surface area contributed by atoms with E-state index in [1.54, 1.807) is 10.4 Å². The molecule has 98 valence electrons. The summed E-state index contributed by atoms with van der Waals surface area (Å²) in [5, 5.41) is 10.8. The monoisotopic (exact) mass is 274 g/mol. The Kier molecular flexibility index (Phi) is 3.16. The number of fused-ring (bicyclic) bond motifs is 1. The van der Waals surface area contributed by atoms with Crippen LogP contribution < -0.4 is 5.32 Å². The van der Waals surface area contributed by atoms with Crippen molar-refractivity contribution in [2.45, 2.75) is 18.9 Å². The molecule has 1 heterocycles. The minimum absolute atomic E-state index is 0.140. The summed E-state index contributed by atoms with van der Waals surface area (Å²) in [7, 11) is 1.82. The van der Waals surface area contributed by atoms with Gasteiger partial charge in [0.2, 0.25) is 5.13 Å². The Bertz CT molecular complexity index is 584. The van der Waals surface area contributed by atoms with Crippen molar-refractivity contribution in [1.29, 1.82) is 0 Å². The van der Waals surface area contributed by atoms with E-state index in [1.807, 2.05) is 19.2 Å². The molecule has 1 aliphatic rings. The van der Waals surface area contributed by atoms with E-state index in [2.05, 4.69) is 27.6 Å². The topological polar surface area (TPSA) is 58.1 Å². The van der Waals surface area contributed by atoms with Crippen LogP contribution in [0.2, 0.25) is 0 Å². The molecule has 1 aliphatic carbocycles. The Morgan fingerprint density at radius 1 is 1.47 bits per heavy atom. The predicted octanol–water partition coefficient (Wildman–Crippen LogP) is 2.69. The summed E-state index contributed by atoms with van der Waals surface area (Å²) < 4.78 is 0. The third kappa shape index (κ3) is 2.31. The molecule has 0 saturated heterocycles. The Hall–Kier alpha value is -1.95. The van der Waals surface area contributed by atoms with E-state index in [-0.39, 0.29) is 12.1 Å². The molecule has 1 aromatic carbocycles. The van der Waals surface area contributed by atoms with Crippen molar-refractivity contribution in [2.24, 2.45) is 0 Å². The largest absolute Gasteiger partial charge is 0.323 e. The van der Waals surface area contributed by atoms with Gasteiger partial charge in [0.25, 0.3) is 0 Å². The molecule has 3 rings (SSSR count). The van der Waals surface area contributed by atoms with Gasteiger partial charge in [0.15, 0.2) is 0 Å². The van der Waals surface area contributed by atoms with Crippen molar-refractivity contribution in [3.05, 3.63) is 40.9 Å². The smallest absolute Gasteiger partial charge is 0.320 e. The van der Waals surface area contributed by atoms with E-state index in [0.717, 1.165) is 12.8 Å². The first-order valence-corrected chi connectivity index (χ1v) is 7.01. The van der Waals surface area contributed by atoms with Gasteiger partial charge in [-0.25, -0.2) is 4.79 Å². The maximum absolute atomic E-state index is 12.2. The molecule has 0 fully saturated rings. The highest BCUT2D eigenvalue weighted by molar-refractivity contribution is 7.13. The van der Waals surface area contributed by atoms with Crippen LogP contribution in [0.25, 0.3) is 0 Å². The van der Waals surface area contributed by atoms with Gasteiger partial charge < -0.3 is 4.90 Å². The maximum Gasteiger partial charge on any atom is 0.323 e. The number of aryl methyl sites for hydroxylation is 1. The van der Waals surface area contributed by atoms with Crippen molar-refractivity contribution in [1.82, 2.24) is 15.1 Å². The minimum Gasteiger partial charge on any atom is -0.320 e. The lowest BCUT2D eigenvalue weighted by Gasteiger charge is -2.25. The zero-order chi connectivity index (χ0) is 13.2. The number of nitrogens with one attached hydrogen (secondary N) is 1. The Morgan fingerprint density at radius 3 is 3.11 bits per heavy atom. The Morgan fingerprint density at radius 2 is 2.32 bits per heavy atom. The zero-order valence-electron chi connectivity index (χ0n) is 10.5. The van der Waals surface area contributed by atoms with Gasteiger partial charge in [-0.05, 0) is 24.0 Å². The van der Waals surface area contributed by atoms with Gasteiger partial charge in [-0.2, -0.15) is 0 Å². The van der Waals surface area contributed by atoms with Crippen LogP contribution in [0, 0.1) is 0 Å². The van der Waals surface area contributed by atoms with Crippen LogP contribution in [-0.4, -0.2) is 28.2 Å². The molecule has 2 amide bonds. The van der Waals surface area contributed by atoms with E-state index < -0.39 is 0 Å². The third-order valence-electron chi connectivity index (χ3n) is 3.46. The fraction of sp³-hybridized carbons (Fsp3) is 0.308. The first-order chi connectivity index (χ1) is 9.25. The van der Waals surface area contributed by atoms with Crippen LogP contribution in [0.4, 0.5) is 9.93 Å². The second kappa shape index (κ2) is 4.97. The molecule has 0 saturated carbocycles. The standard InChI is InChI=1S/C13H14N4OS/c1-17(13(18)15-12-16-14-8-19-12)11-7-6-9-4-2-3-5-10(9)11/h2-5,8,11H,6-7H2,1H3,(H,15,16,18). The van der Waals surface area contributed by atoms with E-state index in [4.69, 9.17) is 0 Å². The highest BCUT2D eigenvalue weighted by Crippen LogP contribution is 2.34. The van der Waals surface area contributed by atoms with Gasteiger partial charge in [0, 0.05) is 7.05 Å². The molecular weight excluding hydrogens is 260 g/mol. The molecule has 1 N–H and O–H groups in total. The predicted molar refractivity (Wildman–Crippen MR) is 74.2 cm³/mol. The Labute approximate surface area is 115 Å². The fourth-order valence-electron chi connectivity index (χ4n) is 2.49. The summed E-state index contributed by atoms with van der Waals surface area (Å²) >= 11 is 1.32. The number of benzene rings is 1. The normalized spacial score (nSPS) is 17.0. The molecule has 0 radical (unpaired) electrons. The average Bonchev–Trinajstić information content (AvgIpc) is 3.06. The van der Waals surface area contributed by atoms with Crippen LogP contribution in [0.3, 0.4) is 0 Å². The molecule has 0 bridgehead atoms. The average molecular weight is 274 g/mol. The number of rotatable bonds is 2. The number of hydrogen-bond acceptors (Lipinski definition) is 4. The molecule has 0 spiro atoms. The molecule has 1 aromatic heterocycles. The van der Waals surface area contributed by atoms with Gasteiger partial charge in [-0.15, -0.1) is 10.2 Å². The second-order valence-electron chi connectivity index (χ2n) is 4.54. The summed E-state index contributed by atoms with van der Waals surface area (Å²) in [4.78, 5) is 13.9. The first kappa shape index (κ1) is 12.1. The molecule has 19 heavy (non-hydrogen) atoms. The van der Waals surface area contributed by atoms with Gasteiger partial charge in [-0.1, -0.05) is 35.6 Å². The van der Waals surface area contributed by atoms with Crippen molar-refractivity contribution in [3.63, 3.8) is 0 Å². The van der Waals surface area contributed by atoms with Crippen molar-refractivity contribution in [3.8, 4) is 0 Å². The van der Waals surface area contributed by atoms with Crippen molar-refractivity contribution >= 4 is 22.5 Å². The van der Waals surface area contributed by atoms with Crippen molar-refractivity contribution in [2.75, 3.05) is 12.4 Å². The number of anilines is 1. The van der Waals surface area contributed by atoms with Crippen LogP contribution in [0.5, 0.6) is 0 Å². The van der Waals surface area contributed by atoms with Crippen LogP contribution >= 0.6 is 11.3 Å². The molecule has 1 unspecified atom stereocenters. The van der Waals surface area contributed by atoms with E-state index >= 15 is 0 Å². The lowest BCUT2D eigenvalue weighted by Crippen LogP contribution is -2.33. The molecule has 5 nitrogen and oxygen atoms in total.